The van der Waals surface area contributed by atoms with Gasteiger partial charge in [-0.3, -0.25) is 0 Å². The summed E-state index contributed by atoms with van der Waals surface area (Å²) in [6.45, 7) is 8.19. The number of nitriles is 1. The molecule has 98 valence electrons. The molecule has 4 heteroatoms. The first-order valence-electron chi connectivity index (χ1n) is 6.20. The third kappa shape index (κ3) is 2.45. The lowest BCUT2D eigenvalue weighted by molar-refractivity contribution is 0.560. The van der Waals surface area contributed by atoms with E-state index in [4.69, 9.17) is 11.0 Å². The number of nitrogen functional groups attached to an aromatic ring is 1. The first-order valence-corrected chi connectivity index (χ1v) is 6.20. The summed E-state index contributed by atoms with van der Waals surface area (Å²) in [7, 11) is 0. The number of nitrogens with zero attached hydrogens (tertiary/aromatic N) is 3. The van der Waals surface area contributed by atoms with Crippen LogP contribution < -0.4 is 5.73 Å². The highest BCUT2D eigenvalue weighted by atomic mass is 15.3. The Kier molecular flexibility index (Phi) is 3.07. The maximum absolute atomic E-state index is 9.08. The third-order valence-electron chi connectivity index (χ3n) is 3.09. The number of benzene rings is 1. The summed E-state index contributed by atoms with van der Waals surface area (Å²) in [5.41, 5.74) is 9.31. The predicted molar refractivity (Wildman–Crippen MR) is 76.1 cm³/mol. The summed E-state index contributed by atoms with van der Waals surface area (Å²) >= 11 is 0. The molecule has 0 bridgehead atoms. The molecule has 19 heavy (non-hydrogen) atoms. The van der Waals surface area contributed by atoms with Gasteiger partial charge in [0.05, 0.1) is 23.0 Å². The van der Waals surface area contributed by atoms with Gasteiger partial charge in [0.15, 0.2) is 0 Å². The molecular weight excluding hydrogens is 236 g/mol. The Balaban J connectivity index is 2.54. The fourth-order valence-corrected chi connectivity index (χ4v) is 1.83. The van der Waals surface area contributed by atoms with E-state index >= 15 is 0 Å². The molecule has 0 atom stereocenters. The Bertz CT molecular complexity index is 654. The van der Waals surface area contributed by atoms with Crippen molar-refractivity contribution in [3.8, 4) is 11.8 Å². The molecular formula is C15H18N4. The standard InChI is InChI=1S/C15H18N4/c1-10-5-6-12(7-11(10)9-16)19-14(17)8-13(18-19)15(2,3)4/h5-8H,17H2,1-4H3. The fraction of sp³-hybridized carbons (Fsp3) is 0.333. The molecule has 0 saturated carbocycles. The Morgan fingerprint density at radius 1 is 1.26 bits per heavy atom. The molecule has 0 fully saturated rings. The number of rotatable bonds is 1. The van der Waals surface area contributed by atoms with Crippen LogP contribution in [0.1, 0.15) is 37.6 Å². The zero-order chi connectivity index (χ0) is 14.2. The van der Waals surface area contributed by atoms with E-state index in [0.717, 1.165) is 16.9 Å². The van der Waals surface area contributed by atoms with E-state index < -0.39 is 0 Å². The lowest BCUT2D eigenvalue weighted by Crippen LogP contribution is -2.12. The van der Waals surface area contributed by atoms with Gasteiger partial charge < -0.3 is 5.73 Å². The second kappa shape index (κ2) is 4.43. The monoisotopic (exact) mass is 254 g/mol. The first-order chi connectivity index (χ1) is 8.82. The van der Waals surface area contributed by atoms with Gasteiger partial charge in [-0.2, -0.15) is 10.4 Å². The van der Waals surface area contributed by atoms with Crippen LogP contribution in [-0.4, -0.2) is 9.78 Å². The molecule has 0 radical (unpaired) electrons. The molecule has 2 rings (SSSR count). The summed E-state index contributed by atoms with van der Waals surface area (Å²) < 4.78 is 1.68. The minimum absolute atomic E-state index is 0.0534. The van der Waals surface area contributed by atoms with Gasteiger partial charge in [0.25, 0.3) is 0 Å². The maximum atomic E-state index is 9.08. The largest absolute Gasteiger partial charge is 0.384 e. The molecule has 0 spiro atoms. The third-order valence-corrected chi connectivity index (χ3v) is 3.09. The van der Waals surface area contributed by atoms with Gasteiger partial charge in [-0.25, -0.2) is 4.68 Å². The van der Waals surface area contributed by atoms with Gasteiger partial charge in [0, 0.05) is 11.5 Å². The molecule has 1 aromatic carbocycles. The van der Waals surface area contributed by atoms with Gasteiger partial charge in [-0.05, 0) is 24.6 Å². The van der Waals surface area contributed by atoms with Crippen LogP contribution in [0.3, 0.4) is 0 Å². The highest BCUT2D eigenvalue weighted by Crippen LogP contribution is 2.25. The van der Waals surface area contributed by atoms with Crippen molar-refractivity contribution in [3.63, 3.8) is 0 Å². The topological polar surface area (TPSA) is 67.6 Å². The quantitative estimate of drug-likeness (QED) is 0.850. The van der Waals surface area contributed by atoms with Crippen molar-refractivity contribution in [2.24, 2.45) is 0 Å². The minimum atomic E-state index is -0.0534. The highest BCUT2D eigenvalue weighted by Gasteiger charge is 2.19. The van der Waals surface area contributed by atoms with Gasteiger partial charge in [0.2, 0.25) is 0 Å². The number of aromatic nitrogens is 2. The van der Waals surface area contributed by atoms with E-state index in [9.17, 15) is 0 Å². The van der Waals surface area contributed by atoms with Crippen molar-refractivity contribution in [2.75, 3.05) is 5.73 Å². The second-order valence-electron chi connectivity index (χ2n) is 5.73. The molecule has 0 saturated heterocycles. The Hall–Kier alpha value is -2.28. The number of aryl methyl sites for hydroxylation is 1. The first kappa shape index (κ1) is 13.2. The molecule has 1 heterocycles. The summed E-state index contributed by atoms with van der Waals surface area (Å²) in [5, 5.41) is 13.6. The molecule has 4 nitrogen and oxygen atoms in total. The molecule has 0 aliphatic rings. The molecule has 0 aliphatic carbocycles. The van der Waals surface area contributed by atoms with Gasteiger partial charge in [-0.1, -0.05) is 26.8 Å². The van der Waals surface area contributed by atoms with Crippen LogP contribution in [0.4, 0.5) is 5.82 Å². The average Bonchev–Trinajstić information content (AvgIpc) is 2.72. The Morgan fingerprint density at radius 2 is 1.95 bits per heavy atom. The lowest BCUT2D eigenvalue weighted by Gasteiger charge is -2.14. The van der Waals surface area contributed by atoms with E-state index in [1.165, 1.54) is 0 Å². The van der Waals surface area contributed by atoms with Crippen molar-refractivity contribution < 1.29 is 0 Å². The summed E-state index contributed by atoms with van der Waals surface area (Å²) in [5.74, 6) is 0.581. The van der Waals surface area contributed by atoms with Crippen LogP contribution in [-0.2, 0) is 5.41 Å². The molecule has 0 amide bonds. The SMILES string of the molecule is Cc1ccc(-n2nc(C(C)(C)C)cc2N)cc1C#N. The average molecular weight is 254 g/mol. The summed E-state index contributed by atoms with van der Waals surface area (Å²) in [6.07, 6.45) is 0. The normalized spacial score (nSPS) is 11.3. The second-order valence-corrected chi connectivity index (χ2v) is 5.73. The molecule has 2 aromatic rings. The van der Waals surface area contributed by atoms with Crippen LogP contribution >= 0.6 is 0 Å². The number of hydrogen-bond acceptors (Lipinski definition) is 3. The van der Waals surface area contributed by atoms with Crippen molar-refractivity contribution in [2.45, 2.75) is 33.1 Å². The Labute approximate surface area is 113 Å². The predicted octanol–water partition coefficient (Wildman–Crippen LogP) is 2.93. The van der Waals surface area contributed by atoms with Gasteiger partial charge in [0.1, 0.15) is 5.82 Å². The van der Waals surface area contributed by atoms with Crippen LogP contribution in [0.5, 0.6) is 0 Å². The van der Waals surface area contributed by atoms with E-state index in [2.05, 4.69) is 31.9 Å². The number of nitrogens with two attached hydrogens (primary N) is 1. The zero-order valence-corrected chi connectivity index (χ0v) is 11.7. The fourth-order valence-electron chi connectivity index (χ4n) is 1.83. The zero-order valence-electron chi connectivity index (χ0n) is 11.7. The van der Waals surface area contributed by atoms with Crippen LogP contribution in [0, 0.1) is 18.3 Å². The molecule has 1 aromatic heterocycles. The van der Waals surface area contributed by atoms with E-state index in [1.807, 2.05) is 31.2 Å². The summed E-state index contributed by atoms with van der Waals surface area (Å²) in [6, 6.07) is 9.70. The molecule has 0 unspecified atom stereocenters. The van der Waals surface area contributed by atoms with E-state index in [0.29, 0.717) is 11.4 Å². The van der Waals surface area contributed by atoms with Crippen LogP contribution in [0.2, 0.25) is 0 Å². The highest BCUT2D eigenvalue weighted by molar-refractivity contribution is 5.50. The Morgan fingerprint density at radius 3 is 2.47 bits per heavy atom. The number of hydrogen-bond donors (Lipinski definition) is 1. The number of anilines is 1. The van der Waals surface area contributed by atoms with Crippen molar-refractivity contribution >= 4 is 5.82 Å². The van der Waals surface area contributed by atoms with Gasteiger partial charge >= 0.3 is 0 Å². The van der Waals surface area contributed by atoms with Gasteiger partial charge in [-0.15, -0.1) is 0 Å². The molecule has 0 aliphatic heterocycles. The minimum Gasteiger partial charge on any atom is -0.384 e. The lowest BCUT2D eigenvalue weighted by atomic mass is 9.92. The van der Waals surface area contributed by atoms with Crippen molar-refractivity contribution in [1.82, 2.24) is 9.78 Å². The molecule has 2 N–H and O–H groups in total. The summed E-state index contributed by atoms with van der Waals surface area (Å²) in [4.78, 5) is 0. The van der Waals surface area contributed by atoms with Crippen LogP contribution in [0.15, 0.2) is 24.3 Å². The maximum Gasteiger partial charge on any atom is 0.127 e. The van der Waals surface area contributed by atoms with Crippen molar-refractivity contribution in [3.05, 3.63) is 41.1 Å². The smallest absolute Gasteiger partial charge is 0.127 e. The van der Waals surface area contributed by atoms with Crippen molar-refractivity contribution in [1.29, 1.82) is 5.26 Å². The van der Waals surface area contributed by atoms with Crippen LogP contribution in [0.25, 0.3) is 5.69 Å². The van der Waals surface area contributed by atoms with E-state index in [-0.39, 0.29) is 5.41 Å². The van der Waals surface area contributed by atoms with E-state index in [1.54, 1.807) is 4.68 Å².